The van der Waals surface area contributed by atoms with Gasteiger partial charge in [-0.3, -0.25) is 9.35 Å². The minimum atomic E-state index is -4.18. The van der Waals surface area contributed by atoms with E-state index in [1.54, 1.807) is 0 Å². The van der Waals surface area contributed by atoms with E-state index in [4.69, 9.17) is 4.42 Å². The second kappa shape index (κ2) is 17.4. The third-order valence-electron chi connectivity index (χ3n) is 10.5. The number of amides is 1. The maximum atomic E-state index is 12.5. The second-order valence-corrected chi connectivity index (χ2v) is 17.5. The number of anilines is 1. The van der Waals surface area contributed by atoms with Crippen LogP contribution in [0.15, 0.2) is 64.7 Å². The number of allylic oxidation sites excluding steroid dienone is 3. The summed E-state index contributed by atoms with van der Waals surface area (Å²) in [6.45, 7) is 21.6. The molecule has 52 heavy (non-hydrogen) atoms. The molecule has 0 bridgehead atoms. The highest BCUT2D eigenvalue weighted by Crippen LogP contribution is 2.51. The Bertz CT molecular complexity index is 1910. The van der Waals surface area contributed by atoms with E-state index in [2.05, 4.69) is 131 Å². The molecule has 2 atom stereocenters. The van der Waals surface area contributed by atoms with Crippen molar-refractivity contribution in [1.29, 1.82) is 0 Å². The standard InChI is InChI=1S/C43H61N3O5S/c1-10-13-15-25-43(9)36-27-31(4)21-24-37(36)46(26-16-14-20-41(47)44-30-32(5)52(48,49)50)39(43)19-17-18-33-28-40(42(6,7)8)51-38-29-34(22-23-35(33)38)45(11-2)12-3/h17-19,21-24,27-29,32H,10-16,20,25-26,30H2,1-9H3,(H-,44,47,48,49,50)/p+1. The van der Waals surface area contributed by atoms with Gasteiger partial charge in [-0.05, 0) is 89.3 Å². The number of carbonyl (C=O) groups excluding carboxylic acids is 1. The molecule has 1 amide bonds. The molecule has 1 aliphatic carbocycles. The summed E-state index contributed by atoms with van der Waals surface area (Å²) >= 11 is 0. The van der Waals surface area contributed by atoms with E-state index in [-0.39, 0.29) is 29.7 Å². The Morgan fingerprint density at radius 1 is 1.04 bits per heavy atom. The molecule has 284 valence electrons. The first-order valence-corrected chi connectivity index (χ1v) is 20.7. The molecule has 4 rings (SSSR count). The summed E-state index contributed by atoms with van der Waals surface area (Å²) in [6.07, 6.45) is 12.9. The predicted molar refractivity (Wildman–Crippen MR) is 215 cm³/mol. The Kier molecular flexibility index (Phi) is 13.8. The van der Waals surface area contributed by atoms with Gasteiger partial charge >= 0.3 is 0 Å². The van der Waals surface area contributed by atoms with Gasteiger partial charge in [0, 0.05) is 53.4 Å². The molecular formula is C43H62N3O5S+. The number of nitrogens with zero attached hydrogens (tertiary/aromatic N) is 2. The lowest BCUT2D eigenvalue weighted by molar-refractivity contribution is -0.121. The SMILES string of the molecule is CCCCCC1(C)/C(=C\C=C\c2cc(C(C)(C)C)oc3cc(=[N+](CC)CC)ccc2-3)N(CCCCC(=O)NCC(C)S(=O)(=O)O)c2ccc(C)cc21. The fourth-order valence-electron chi connectivity index (χ4n) is 7.14. The Morgan fingerprint density at radius 3 is 2.42 bits per heavy atom. The van der Waals surface area contributed by atoms with Gasteiger partial charge in [0.25, 0.3) is 10.1 Å². The summed E-state index contributed by atoms with van der Waals surface area (Å²) in [5.74, 6) is 1.61. The predicted octanol–water partition coefficient (Wildman–Crippen LogP) is 8.62. The Labute approximate surface area is 312 Å². The number of aryl methyl sites for hydroxylation is 1. The molecule has 0 saturated carbocycles. The largest absolute Gasteiger partial charge is 0.460 e. The van der Waals surface area contributed by atoms with Crippen molar-refractivity contribution in [3.63, 3.8) is 0 Å². The van der Waals surface area contributed by atoms with Gasteiger partial charge in [-0.1, -0.05) is 76.8 Å². The van der Waals surface area contributed by atoms with Crippen LogP contribution < -0.4 is 20.1 Å². The molecule has 0 fully saturated rings. The summed E-state index contributed by atoms with van der Waals surface area (Å²) in [7, 11) is -4.18. The number of hydrogen-bond donors (Lipinski definition) is 2. The van der Waals surface area contributed by atoms with Crippen molar-refractivity contribution in [3.8, 4) is 11.3 Å². The molecule has 2 unspecified atom stereocenters. The summed E-state index contributed by atoms with van der Waals surface area (Å²) < 4.78 is 40.8. The fourth-order valence-corrected chi connectivity index (χ4v) is 7.44. The van der Waals surface area contributed by atoms with Gasteiger partial charge < -0.3 is 14.6 Å². The van der Waals surface area contributed by atoms with Gasteiger partial charge in [0.1, 0.15) is 29.9 Å². The van der Waals surface area contributed by atoms with Crippen LogP contribution in [0.1, 0.15) is 123 Å². The molecule has 2 N–H and O–H groups in total. The van der Waals surface area contributed by atoms with Crippen LogP contribution in [0.2, 0.25) is 0 Å². The highest BCUT2D eigenvalue weighted by Gasteiger charge is 2.42. The van der Waals surface area contributed by atoms with Crippen LogP contribution in [0.3, 0.4) is 0 Å². The van der Waals surface area contributed by atoms with Crippen LogP contribution in [-0.4, -0.2) is 50.3 Å². The van der Waals surface area contributed by atoms with Gasteiger partial charge in [0.2, 0.25) is 11.3 Å². The number of carbonyl (C=O) groups is 1. The average molecular weight is 733 g/mol. The molecular weight excluding hydrogens is 671 g/mol. The van der Waals surface area contributed by atoms with E-state index in [9.17, 15) is 17.8 Å². The molecule has 8 nitrogen and oxygen atoms in total. The fraction of sp³-hybridized carbons (Fsp3) is 0.535. The van der Waals surface area contributed by atoms with Crippen LogP contribution in [-0.2, 0) is 25.7 Å². The van der Waals surface area contributed by atoms with Gasteiger partial charge in [-0.15, -0.1) is 0 Å². The summed E-state index contributed by atoms with van der Waals surface area (Å²) in [4.78, 5) is 15.0. The number of nitrogens with one attached hydrogen (secondary N) is 1. The van der Waals surface area contributed by atoms with E-state index in [1.807, 2.05) is 0 Å². The number of rotatable bonds is 16. The third kappa shape index (κ3) is 9.84. The van der Waals surface area contributed by atoms with Crippen molar-refractivity contribution in [3.05, 3.63) is 88.1 Å². The quantitative estimate of drug-likeness (QED) is 0.0869. The molecule has 0 spiro atoms. The lowest BCUT2D eigenvalue weighted by Gasteiger charge is -2.30. The minimum absolute atomic E-state index is 0.106. The first-order valence-electron chi connectivity index (χ1n) is 19.2. The van der Waals surface area contributed by atoms with Crippen LogP contribution in [0.5, 0.6) is 0 Å². The van der Waals surface area contributed by atoms with Crippen LogP contribution in [0.4, 0.5) is 5.69 Å². The van der Waals surface area contributed by atoms with Crippen molar-refractivity contribution in [1.82, 2.24) is 9.89 Å². The summed E-state index contributed by atoms with van der Waals surface area (Å²) in [5, 5.41) is 2.77. The highest BCUT2D eigenvalue weighted by atomic mass is 32.2. The van der Waals surface area contributed by atoms with Crippen molar-refractivity contribution >= 4 is 27.8 Å². The zero-order valence-electron chi connectivity index (χ0n) is 33.0. The zero-order valence-corrected chi connectivity index (χ0v) is 33.8. The number of fused-ring (bicyclic) bond motifs is 2. The summed E-state index contributed by atoms with van der Waals surface area (Å²) in [6, 6.07) is 15.5. The van der Waals surface area contributed by atoms with Crippen LogP contribution in [0, 0.1) is 6.92 Å². The van der Waals surface area contributed by atoms with Crippen molar-refractivity contribution in [2.24, 2.45) is 0 Å². The third-order valence-corrected chi connectivity index (χ3v) is 11.7. The lowest BCUT2D eigenvalue weighted by atomic mass is 9.76. The smallest absolute Gasteiger partial charge is 0.269 e. The van der Waals surface area contributed by atoms with Gasteiger partial charge in [0.15, 0.2) is 0 Å². The maximum Gasteiger partial charge on any atom is 0.269 e. The van der Waals surface area contributed by atoms with Crippen molar-refractivity contribution in [2.75, 3.05) is 31.1 Å². The maximum absolute atomic E-state index is 12.5. The van der Waals surface area contributed by atoms with E-state index in [0.29, 0.717) is 6.42 Å². The molecule has 3 aliphatic rings. The van der Waals surface area contributed by atoms with E-state index < -0.39 is 15.4 Å². The van der Waals surface area contributed by atoms with E-state index >= 15 is 0 Å². The first kappa shape index (κ1) is 41.1. The van der Waals surface area contributed by atoms with Crippen molar-refractivity contribution in [2.45, 2.75) is 123 Å². The van der Waals surface area contributed by atoms with E-state index in [0.717, 1.165) is 73.3 Å². The van der Waals surface area contributed by atoms with Crippen LogP contribution in [0.25, 0.3) is 17.4 Å². The average Bonchev–Trinajstić information content (AvgIpc) is 3.31. The first-order chi connectivity index (χ1) is 24.5. The summed E-state index contributed by atoms with van der Waals surface area (Å²) in [5.41, 5.74) is 6.94. The second-order valence-electron chi connectivity index (χ2n) is 15.6. The molecule has 2 aliphatic heterocycles. The molecule has 1 aromatic rings. The van der Waals surface area contributed by atoms with Gasteiger partial charge in [0.05, 0.1) is 6.07 Å². The van der Waals surface area contributed by atoms with Crippen molar-refractivity contribution < 1.29 is 22.2 Å². The molecule has 0 aromatic heterocycles. The number of benzene rings is 2. The Balaban J connectivity index is 1.70. The normalized spacial score (nSPS) is 17.7. The molecule has 0 radical (unpaired) electrons. The Morgan fingerprint density at radius 2 is 1.77 bits per heavy atom. The monoisotopic (exact) mass is 732 g/mol. The molecule has 1 aromatic carbocycles. The molecule has 0 saturated heterocycles. The van der Waals surface area contributed by atoms with Crippen LogP contribution >= 0.6 is 0 Å². The Hall–Kier alpha value is -3.69. The molecule has 9 heteroatoms. The topological polar surface area (TPSA) is 103 Å². The number of unbranched alkanes of at least 4 members (excludes halogenated alkanes) is 3. The zero-order chi connectivity index (χ0) is 38.3. The lowest BCUT2D eigenvalue weighted by Crippen LogP contribution is -2.34. The van der Waals surface area contributed by atoms with E-state index in [1.165, 1.54) is 35.9 Å². The van der Waals surface area contributed by atoms with Gasteiger partial charge in [-0.2, -0.15) is 8.42 Å². The number of hydrogen-bond acceptors (Lipinski definition) is 5. The molecule has 2 heterocycles. The minimum Gasteiger partial charge on any atom is -0.460 e. The van der Waals surface area contributed by atoms with Gasteiger partial charge in [-0.25, -0.2) is 4.58 Å². The highest BCUT2D eigenvalue weighted by molar-refractivity contribution is 7.86.